The highest BCUT2D eigenvalue weighted by Crippen LogP contribution is 2.13. The molecule has 0 fully saturated rings. The van der Waals surface area contributed by atoms with Gasteiger partial charge in [0.05, 0.1) is 0 Å². The van der Waals surface area contributed by atoms with Crippen LogP contribution >= 0.6 is 0 Å². The second-order valence-corrected chi connectivity index (χ2v) is 10.5. The van der Waals surface area contributed by atoms with E-state index in [0.29, 0.717) is 5.56 Å². The van der Waals surface area contributed by atoms with Gasteiger partial charge < -0.3 is 30.9 Å². The van der Waals surface area contributed by atoms with Crippen LogP contribution in [0.2, 0.25) is 0 Å². The quantitative estimate of drug-likeness (QED) is 0.146. The fraction of sp³-hybridized carbons (Fsp3) is 0.200. The van der Waals surface area contributed by atoms with Gasteiger partial charge in [0.15, 0.2) is 0 Å². The van der Waals surface area contributed by atoms with Gasteiger partial charge in [0, 0.05) is 19.3 Å². The van der Waals surface area contributed by atoms with Gasteiger partial charge in [0.25, 0.3) is 0 Å². The molecular formula is C35H35N3O7. The zero-order valence-corrected chi connectivity index (χ0v) is 24.5. The average molecular weight is 610 g/mol. The number of phenols is 1. The number of carboxylic acid groups (broad SMARTS) is 1. The molecule has 45 heavy (non-hydrogen) atoms. The van der Waals surface area contributed by atoms with Crippen LogP contribution in [0.3, 0.4) is 0 Å². The molecular weight excluding hydrogens is 574 g/mol. The third kappa shape index (κ3) is 10.5. The molecule has 232 valence electrons. The number of carbonyl (C=O) groups is 4. The van der Waals surface area contributed by atoms with Crippen molar-refractivity contribution in [2.75, 3.05) is 0 Å². The van der Waals surface area contributed by atoms with Crippen LogP contribution in [-0.2, 0) is 45.0 Å². The van der Waals surface area contributed by atoms with Gasteiger partial charge in [-0.3, -0.25) is 9.59 Å². The van der Waals surface area contributed by atoms with E-state index in [1.807, 2.05) is 30.3 Å². The van der Waals surface area contributed by atoms with Crippen LogP contribution in [0, 0.1) is 0 Å². The molecule has 0 aliphatic rings. The van der Waals surface area contributed by atoms with E-state index in [-0.39, 0.29) is 31.6 Å². The molecule has 0 unspecified atom stereocenters. The zero-order chi connectivity index (χ0) is 32.0. The molecule has 4 aromatic rings. The number of nitrogens with one attached hydrogen (secondary N) is 3. The second kappa shape index (κ2) is 16.3. The molecule has 4 rings (SSSR count). The van der Waals surface area contributed by atoms with Crippen LogP contribution in [0.25, 0.3) is 0 Å². The van der Waals surface area contributed by atoms with Crippen molar-refractivity contribution in [1.29, 1.82) is 0 Å². The van der Waals surface area contributed by atoms with Gasteiger partial charge in [-0.25, -0.2) is 9.59 Å². The summed E-state index contributed by atoms with van der Waals surface area (Å²) < 4.78 is 5.33. The highest BCUT2D eigenvalue weighted by atomic mass is 16.5. The van der Waals surface area contributed by atoms with Crippen molar-refractivity contribution >= 4 is 23.9 Å². The number of aliphatic carboxylic acids is 1. The molecule has 0 radical (unpaired) electrons. The summed E-state index contributed by atoms with van der Waals surface area (Å²) in [5, 5.41) is 27.4. The Labute approximate surface area is 261 Å². The van der Waals surface area contributed by atoms with E-state index in [1.54, 1.807) is 72.8 Å². The summed E-state index contributed by atoms with van der Waals surface area (Å²) in [5.41, 5.74) is 2.85. The van der Waals surface area contributed by atoms with E-state index >= 15 is 0 Å². The monoisotopic (exact) mass is 609 g/mol. The molecule has 0 bridgehead atoms. The summed E-state index contributed by atoms with van der Waals surface area (Å²) in [4.78, 5) is 52.1. The molecule has 0 saturated carbocycles. The number of benzene rings is 4. The van der Waals surface area contributed by atoms with Crippen LogP contribution in [0.4, 0.5) is 4.79 Å². The highest BCUT2D eigenvalue weighted by molar-refractivity contribution is 5.93. The fourth-order valence-corrected chi connectivity index (χ4v) is 4.64. The summed E-state index contributed by atoms with van der Waals surface area (Å²) in [6.07, 6.45) is -0.694. The minimum Gasteiger partial charge on any atom is -0.508 e. The number of phenolic OH excluding ortho intramolecular Hbond substituents is 1. The van der Waals surface area contributed by atoms with Crippen LogP contribution in [0.5, 0.6) is 5.75 Å². The largest absolute Gasteiger partial charge is 0.508 e. The predicted molar refractivity (Wildman–Crippen MR) is 167 cm³/mol. The maximum absolute atomic E-state index is 13.7. The van der Waals surface area contributed by atoms with E-state index in [9.17, 15) is 29.4 Å². The lowest BCUT2D eigenvalue weighted by molar-refractivity contribution is -0.142. The topological polar surface area (TPSA) is 154 Å². The maximum atomic E-state index is 13.7. The number of carboxylic acids is 1. The molecule has 3 amide bonds. The van der Waals surface area contributed by atoms with Gasteiger partial charge in [0.2, 0.25) is 11.8 Å². The van der Waals surface area contributed by atoms with Crippen molar-refractivity contribution in [2.24, 2.45) is 0 Å². The Morgan fingerprint density at radius 2 is 0.933 bits per heavy atom. The first kappa shape index (κ1) is 32.3. The van der Waals surface area contributed by atoms with Crippen LogP contribution in [0.1, 0.15) is 22.3 Å². The first-order chi connectivity index (χ1) is 21.8. The van der Waals surface area contributed by atoms with E-state index in [2.05, 4.69) is 16.0 Å². The van der Waals surface area contributed by atoms with Gasteiger partial charge >= 0.3 is 12.1 Å². The second-order valence-electron chi connectivity index (χ2n) is 10.5. The fourth-order valence-electron chi connectivity index (χ4n) is 4.64. The Morgan fingerprint density at radius 3 is 1.42 bits per heavy atom. The van der Waals surface area contributed by atoms with Gasteiger partial charge in [-0.1, -0.05) is 103 Å². The number of hydrogen-bond donors (Lipinski definition) is 5. The average Bonchev–Trinajstić information content (AvgIpc) is 3.05. The van der Waals surface area contributed by atoms with Gasteiger partial charge in [-0.15, -0.1) is 0 Å². The van der Waals surface area contributed by atoms with E-state index in [1.165, 1.54) is 12.1 Å². The van der Waals surface area contributed by atoms with Crippen LogP contribution in [0.15, 0.2) is 115 Å². The summed E-state index contributed by atoms with van der Waals surface area (Å²) >= 11 is 0. The van der Waals surface area contributed by atoms with Crippen molar-refractivity contribution < 1.29 is 34.1 Å². The van der Waals surface area contributed by atoms with Crippen LogP contribution in [-0.4, -0.2) is 52.2 Å². The number of ether oxygens (including phenoxy) is 1. The Bertz CT molecular complexity index is 1550. The van der Waals surface area contributed by atoms with E-state index < -0.39 is 42.0 Å². The molecule has 0 heterocycles. The SMILES string of the molecule is O=C(N[C@H](Cc1ccc(O)cc1)C(=O)N[C@@H](Cc1ccccc1)C(=O)N[C@@H](Cc1ccccc1)C(=O)O)OCc1ccccc1. The molecule has 3 atom stereocenters. The molecule has 10 heteroatoms. The number of aromatic hydroxyl groups is 1. The van der Waals surface area contributed by atoms with E-state index in [4.69, 9.17) is 4.74 Å². The third-order valence-corrected chi connectivity index (χ3v) is 7.01. The van der Waals surface area contributed by atoms with Crippen LogP contribution < -0.4 is 16.0 Å². The summed E-state index contributed by atoms with van der Waals surface area (Å²) in [7, 11) is 0. The number of amides is 3. The van der Waals surface area contributed by atoms with Gasteiger partial charge in [-0.05, 0) is 34.4 Å². The van der Waals surface area contributed by atoms with E-state index in [0.717, 1.165) is 16.7 Å². The minimum absolute atomic E-state index is 0.0166. The smallest absolute Gasteiger partial charge is 0.408 e. The standard InChI is InChI=1S/C35H35N3O7/c39-28-18-16-26(17-19-28)21-30(38-35(44)45-23-27-14-8-3-9-15-27)33(41)36-29(20-24-10-4-1-5-11-24)32(40)37-31(34(42)43)22-25-12-6-2-7-13-25/h1-19,29-31,39H,20-23H2,(H,36,41)(H,37,40)(H,38,44)(H,42,43)/t29-,30+,31-/m0/s1. The Morgan fingerprint density at radius 1 is 0.533 bits per heavy atom. The lowest BCUT2D eigenvalue weighted by Gasteiger charge is -2.25. The predicted octanol–water partition coefficient (Wildman–Crippen LogP) is 3.77. The van der Waals surface area contributed by atoms with Crippen molar-refractivity contribution in [3.63, 3.8) is 0 Å². The Balaban J connectivity index is 1.52. The Hall–Kier alpha value is -5.64. The normalized spacial score (nSPS) is 12.6. The van der Waals surface area contributed by atoms with Gasteiger partial charge in [0.1, 0.15) is 30.5 Å². The number of hydrogen-bond acceptors (Lipinski definition) is 6. The summed E-state index contributed by atoms with van der Waals surface area (Å²) in [6.45, 7) is -0.0166. The molecule has 10 nitrogen and oxygen atoms in total. The number of alkyl carbamates (subject to hydrolysis) is 1. The number of rotatable bonds is 14. The minimum atomic E-state index is -1.24. The highest BCUT2D eigenvalue weighted by Gasteiger charge is 2.30. The van der Waals surface area contributed by atoms with Crippen molar-refractivity contribution in [3.05, 3.63) is 138 Å². The third-order valence-electron chi connectivity index (χ3n) is 7.01. The molecule has 0 aliphatic carbocycles. The molecule has 5 N–H and O–H groups in total. The molecule has 0 aliphatic heterocycles. The first-order valence-electron chi connectivity index (χ1n) is 14.4. The number of carbonyl (C=O) groups excluding carboxylic acids is 3. The van der Waals surface area contributed by atoms with Gasteiger partial charge in [-0.2, -0.15) is 0 Å². The molecule has 0 spiro atoms. The maximum Gasteiger partial charge on any atom is 0.408 e. The summed E-state index contributed by atoms with van der Waals surface area (Å²) in [6, 6.07) is 29.5. The Kier molecular flexibility index (Phi) is 11.7. The zero-order valence-electron chi connectivity index (χ0n) is 24.5. The van der Waals surface area contributed by atoms with Crippen molar-refractivity contribution in [3.8, 4) is 5.75 Å². The lowest BCUT2D eigenvalue weighted by Crippen LogP contribution is -2.57. The molecule has 0 saturated heterocycles. The molecule has 0 aromatic heterocycles. The van der Waals surface area contributed by atoms with Crippen molar-refractivity contribution in [1.82, 2.24) is 16.0 Å². The first-order valence-corrected chi connectivity index (χ1v) is 14.4. The lowest BCUT2D eigenvalue weighted by atomic mass is 10.0. The molecule has 4 aromatic carbocycles. The summed E-state index contributed by atoms with van der Waals surface area (Å²) in [5.74, 6) is -2.54. The van der Waals surface area contributed by atoms with Crippen molar-refractivity contribution in [2.45, 2.75) is 44.0 Å².